The molecule has 6 nitrogen and oxygen atoms in total. The fraction of sp³-hybridized carbons (Fsp3) is 0.0833. The Morgan fingerprint density at radius 2 is 1.61 bits per heavy atom. The molecule has 0 fully saturated rings. The van der Waals surface area contributed by atoms with Gasteiger partial charge in [-0.2, -0.15) is 8.42 Å². The van der Waals surface area contributed by atoms with E-state index in [4.69, 9.17) is 0 Å². The summed E-state index contributed by atoms with van der Waals surface area (Å²) in [5.74, 6) is 6.13. The maximum atomic E-state index is 12.6. The van der Waals surface area contributed by atoms with Gasteiger partial charge in [-0.3, -0.25) is 4.79 Å². The molecule has 0 saturated heterocycles. The minimum Gasteiger partial charge on any atom is -0.349 e. The van der Waals surface area contributed by atoms with Gasteiger partial charge >= 0.3 is 0 Å². The maximum absolute atomic E-state index is 12.6. The number of rotatable bonds is 3. The van der Waals surface area contributed by atoms with Gasteiger partial charge in [-0.15, -0.1) is 4.40 Å². The average Bonchev–Trinajstić information content (AvgIpc) is 3.04. The van der Waals surface area contributed by atoms with E-state index in [1.807, 2.05) is 42.5 Å². The lowest BCUT2D eigenvalue weighted by Gasteiger charge is -2.18. The SMILES string of the molecule is CN(CC(=O)Nc1cccc(C#Cc2ccccc2)c1)C1=NS(=O)(=O)c2ccccc21. The number of fused-ring (bicyclic) bond motifs is 1. The zero-order chi connectivity index (χ0) is 21.8. The largest absolute Gasteiger partial charge is 0.349 e. The van der Waals surface area contributed by atoms with Gasteiger partial charge in [0.25, 0.3) is 10.0 Å². The highest BCUT2D eigenvalue weighted by Gasteiger charge is 2.30. The Morgan fingerprint density at radius 1 is 0.935 bits per heavy atom. The first-order valence-corrected chi connectivity index (χ1v) is 11.0. The monoisotopic (exact) mass is 429 g/mol. The Morgan fingerprint density at radius 3 is 2.42 bits per heavy atom. The number of amidine groups is 1. The number of hydrogen-bond acceptors (Lipinski definition) is 4. The molecule has 0 bridgehead atoms. The summed E-state index contributed by atoms with van der Waals surface area (Å²) in [7, 11) is -2.09. The number of hydrogen-bond donors (Lipinski definition) is 1. The molecule has 154 valence electrons. The highest BCUT2D eigenvalue weighted by Crippen LogP contribution is 2.26. The number of benzene rings is 3. The molecule has 0 atom stereocenters. The second kappa shape index (κ2) is 8.46. The van der Waals surface area contributed by atoms with Gasteiger partial charge in [0.2, 0.25) is 5.91 Å². The molecule has 3 aromatic carbocycles. The number of carbonyl (C=O) groups is 1. The number of sulfonamides is 1. The third-order valence-electron chi connectivity index (χ3n) is 4.63. The van der Waals surface area contributed by atoms with Crippen molar-refractivity contribution in [2.45, 2.75) is 4.90 Å². The van der Waals surface area contributed by atoms with Gasteiger partial charge in [0.15, 0.2) is 5.84 Å². The van der Waals surface area contributed by atoms with Crippen LogP contribution in [0.3, 0.4) is 0 Å². The van der Waals surface area contributed by atoms with Crippen LogP contribution in [-0.4, -0.2) is 38.7 Å². The van der Waals surface area contributed by atoms with Gasteiger partial charge in [0.05, 0.1) is 6.54 Å². The molecule has 1 aliphatic rings. The quantitative estimate of drug-likeness (QED) is 0.649. The molecule has 0 saturated carbocycles. The summed E-state index contributed by atoms with van der Waals surface area (Å²) >= 11 is 0. The molecule has 0 unspecified atom stereocenters. The molecule has 0 aliphatic carbocycles. The minimum absolute atomic E-state index is 0.0530. The first kappa shape index (κ1) is 20.4. The number of anilines is 1. The van der Waals surface area contributed by atoms with Crippen molar-refractivity contribution in [2.24, 2.45) is 4.40 Å². The van der Waals surface area contributed by atoms with Crippen LogP contribution in [0.4, 0.5) is 5.69 Å². The average molecular weight is 430 g/mol. The van der Waals surface area contributed by atoms with E-state index in [1.54, 1.807) is 37.4 Å². The summed E-state index contributed by atoms with van der Waals surface area (Å²) < 4.78 is 28.3. The van der Waals surface area contributed by atoms with E-state index < -0.39 is 10.0 Å². The molecule has 7 heteroatoms. The number of nitrogens with zero attached hydrogens (tertiary/aromatic N) is 2. The fourth-order valence-electron chi connectivity index (χ4n) is 3.20. The van der Waals surface area contributed by atoms with E-state index in [0.717, 1.165) is 11.1 Å². The predicted octanol–water partition coefficient (Wildman–Crippen LogP) is 3.11. The topological polar surface area (TPSA) is 78.8 Å². The zero-order valence-electron chi connectivity index (χ0n) is 16.7. The first-order valence-electron chi connectivity index (χ1n) is 9.55. The molecule has 3 aromatic rings. The van der Waals surface area contributed by atoms with Crippen LogP contribution in [0.2, 0.25) is 0 Å². The first-order chi connectivity index (χ1) is 14.9. The standard InChI is InChI=1S/C24H19N3O3S/c1-27(24-21-12-5-6-13-22(21)31(29,30)26-24)17-23(28)25-20-11-7-10-19(16-20)15-14-18-8-3-2-4-9-18/h2-13,16H,17H2,1H3,(H,25,28). The number of nitrogens with one attached hydrogen (secondary N) is 1. The molecule has 1 aliphatic heterocycles. The summed E-state index contributed by atoms with van der Waals surface area (Å²) in [5.41, 5.74) is 2.79. The molecule has 1 N–H and O–H groups in total. The molecular weight excluding hydrogens is 410 g/mol. The second-order valence-electron chi connectivity index (χ2n) is 6.99. The molecule has 4 rings (SSSR count). The normalized spacial score (nSPS) is 13.4. The van der Waals surface area contributed by atoms with E-state index in [-0.39, 0.29) is 23.2 Å². The van der Waals surface area contributed by atoms with Gasteiger partial charge in [0.1, 0.15) is 4.90 Å². The van der Waals surface area contributed by atoms with Crippen molar-refractivity contribution in [1.29, 1.82) is 0 Å². The van der Waals surface area contributed by atoms with Crippen LogP contribution in [0.15, 0.2) is 88.2 Å². The van der Waals surface area contributed by atoms with Crippen LogP contribution in [0.1, 0.15) is 16.7 Å². The van der Waals surface area contributed by atoms with Gasteiger partial charge in [-0.05, 0) is 42.5 Å². The van der Waals surface area contributed by atoms with Crippen molar-refractivity contribution in [1.82, 2.24) is 4.90 Å². The Bertz CT molecular complexity index is 1340. The summed E-state index contributed by atoms with van der Waals surface area (Å²) in [6.07, 6.45) is 0. The van der Waals surface area contributed by atoms with E-state index in [1.165, 1.54) is 11.0 Å². The van der Waals surface area contributed by atoms with E-state index in [2.05, 4.69) is 21.6 Å². The maximum Gasteiger partial charge on any atom is 0.285 e. The second-order valence-corrected chi connectivity index (χ2v) is 8.56. The van der Waals surface area contributed by atoms with Gasteiger partial charge in [0, 0.05) is 29.4 Å². The van der Waals surface area contributed by atoms with Gasteiger partial charge < -0.3 is 10.2 Å². The van der Waals surface area contributed by atoms with Crippen LogP contribution in [0.5, 0.6) is 0 Å². The fourth-order valence-corrected chi connectivity index (χ4v) is 4.45. The lowest BCUT2D eigenvalue weighted by molar-refractivity contribution is -0.116. The smallest absolute Gasteiger partial charge is 0.285 e. The minimum atomic E-state index is -3.73. The van der Waals surface area contributed by atoms with Crippen LogP contribution >= 0.6 is 0 Å². The van der Waals surface area contributed by atoms with Crippen LogP contribution < -0.4 is 5.32 Å². The van der Waals surface area contributed by atoms with E-state index in [0.29, 0.717) is 11.3 Å². The van der Waals surface area contributed by atoms with Crippen molar-refractivity contribution in [3.05, 3.63) is 95.6 Å². The van der Waals surface area contributed by atoms with Crippen LogP contribution in [-0.2, 0) is 14.8 Å². The predicted molar refractivity (Wildman–Crippen MR) is 120 cm³/mol. The number of likely N-dealkylation sites (N-methyl/N-ethyl adjacent to an activating group) is 1. The Hall–Kier alpha value is -3.89. The molecule has 0 aromatic heterocycles. The molecule has 0 spiro atoms. The molecule has 0 radical (unpaired) electrons. The van der Waals surface area contributed by atoms with Crippen LogP contribution in [0, 0.1) is 11.8 Å². The van der Waals surface area contributed by atoms with E-state index >= 15 is 0 Å². The Kier molecular flexibility index (Phi) is 5.56. The van der Waals surface area contributed by atoms with Crippen molar-refractivity contribution < 1.29 is 13.2 Å². The lowest BCUT2D eigenvalue weighted by atomic mass is 10.1. The number of carbonyl (C=O) groups excluding carboxylic acids is 1. The van der Waals surface area contributed by atoms with Gasteiger partial charge in [-0.25, -0.2) is 0 Å². The highest BCUT2D eigenvalue weighted by molar-refractivity contribution is 7.90. The van der Waals surface area contributed by atoms with Crippen molar-refractivity contribution in [3.8, 4) is 11.8 Å². The summed E-state index contributed by atoms with van der Waals surface area (Å²) in [5, 5.41) is 2.83. The highest BCUT2D eigenvalue weighted by atomic mass is 32.2. The zero-order valence-corrected chi connectivity index (χ0v) is 17.6. The third kappa shape index (κ3) is 4.65. The molecule has 1 heterocycles. The van der Waals surface area contributed by atoms with Crippen molar-refractivity contribution in [3.63, 3.8) is 0 Å². The summed E-state index contributed by atoms with van der Waals surface area (Å²) in [4.78, 5) is 14.2. The van der Waals surface area contributed by atoms with Gasteiger partial charge in [-0.1, -0.05) is 48.2 Å². The molecule has 1 amide bonds. The van der Waals surface area contributed by atoms with Crippen LogP contribution in [0.25, 0.3) is 0 Å². The summed E-state index contributed by atoms with van der Waals surface area (Å²) in [6, 6.07) is 23.5. The Balaban J connectivity index is 1.45. The van der Waals surface area contributed by atoms with Crippen molar-refractivity contribution in [2.75, 3.05) is 18.9 Å². The third-order valence-corrected chi connectivity index (χ3v) is 5.95. The molecular formula is C24H19N3O3S. The van der Waals surface area contributed by atoms with E-state index in [9.17, 15) is 13.2 Å². The Labute approximate surface area is 181 Å². The summed E-state index contributed by atoms with van der Waals surface area (Å²) in [6.45, 7) is -0.0530. The molecule has 31 heavy (non-hydrogen) atoms. The number of amides is 1. The lowest BCUT2D eigenvalue weighted by Crippen LogP contribution is -2.34. The van der Waals surface area contributed by atoms with Crippen molar-refractivity contribution >= 4 is 27.5 Å².